The summed E-state index contributed by atoms with van der Waals surface area (Å²) in [5, 5.41) is 16.9. The fourth-order valence-corrected chi connectivity index (χ4v) is 2.16. The number of nitrogens with one attached hydrogen (secondary N) is 1. The van der Waals surface area contributed by atoms with Crippen LogP contribution in [0.3, 0.4) is 0 Å². The average Bonchev–Trinajstić information content (AvgIpc) is 2.91. The molecule has 3 nitrogen and oxygen atoms in total. The maximum atomic E-state index is 9.74. The highest BCUT2D eigenvalue weighted by molar-refractivity contribution is 7.08. The molecular weight excluding hydrogens is 246 g/mol. The van der Waals surface area contributed by atoms with E-state index in [0.717, 1.165) is 11.3 Å². The molecule has 0 saturated heterocycles. The van der Waals surface area contributed by atoms with Crippen molar-refractivity contribution in [2.75, 3.05) is 18.5 Å². The van der Waals surface area contributed by atoms with Gasteiger partial charge >= 0.3 is 0 Å². The molecule has 18 heavy (non-hydrogen) atoms. The van der Waals surface area contributed by atoms with Crippen molar-refractivity contribution < 1.29 is 9.84 Å². The molecule has 0 spiro atoms. The van der Waals surface area contributed by atoms with Crippen molar-refractivity contribution in [3.8, 4) is 0 Å². The van der Waals surface area contributed by atoms with Crippen molar-refractivity contribution in [3.05, 3.63) is 52.7 Å². The summed E-state index contributed by atoms with van der Waals surface area (Å²) in [5.74, 6) is 0. The Morgan fingerprint density at radius 3 is 2.78 bits per heavy atom. The van der Waals surface area contributed by atoms with Gasteiger partial charge in [-0.05, 0) is 17.0 Å². The minimum Gasteiger partial charge on any atom is -0.389 e. The number of aliphatic hydroxyl groups excluding tert-OH is 1. The van der Waals surface area contributed by atoms with Crippen LogP contribution in [0.25, 0.3) is 0 Å². The topological polar surface area (TPSA) is 41.5 Å². The number of anilines is 1. The van der Waals surface area contributed by atoms with Crippen LogP contribution in [-0.4, -0.2) is 24.4 Å². The first kappa shape index (κ1) is 13.1. The molecule has 2 N–H and O–H groups in total. The summed E-state index contributed by atoms with van der Waals surface area (Å²) in [6.07, 6.45) is -0.492. The van der Waals surface area contributed by atoms with Crippen LogP contribution in [0.2, 0.25) is 0 Å². The molecule has 2 aromatic rings. The summed E-state index contributed by atoms with van der Waals surface area (Å²) in [5.41, 5.74) is 2.16. The lowest BCUT2D eigenvalue weighted by atomic mass is 10.2. The molecule has 1 atom stereocenters. The molecule has 2 rings (SSSR count). The molecule has 1 heterocycles. The van der Waals surface area contributed by atoms with E-state index < -0.39 is 6.10 Å². The first-order chi connectivity index (χ1) is 8.84. The lowest BCUT2D eigenvalue weighted by Gasteiger charge is -2.12. The molecule has 4 heteroatoms. The van der Waals surface area contributed by atoms with Crippen molar-refractivity contribution in [3.63, 3.8) is 0 Å². The molecule has 1 aromatic carbocycles. The van der Waals surface area contributed by atoms with E-state index in [0.29, 0.717) is 19.8 Å². The van der Waals surface area contributed by atoms with Gasteiger partial charge in [-0.25, -0.2) is 0 Å². The monoisotopic (exact) mass is 263 g/mol. The summed E-state index contributed by atoms with van der Waals surface area (Å²) < 4.78 is 5.46. The highest BCUT2D eigenvalue weighted by Crippen LogP contribution is 2.11. The predicted octanol–water partition coefficient (Wildman–Crippen LogP) is 2.74. The van der Waals surface area contributed by atoms with Crippen LogP contribution in [0.5, 0.6) is 0 Å². The Hall–Kier alpha value is -1.36. The van der Waals surface area contributed by atoms with Gasteiger partial charge in [0.2, 0.25) is 0 Å². The Bertz CT molecular complexity index is 430. The Morgan fingerprint density at radius 2 is 2.06 bits per heavy atom. The van der Waals surface area contributed by atoms with E-state index in [-0.39, 0.29) is 0 Å². The van der Waals surface area contributed by atoms with E-state index in [2.05, 4.69) is 5.32 Å². The molecule has 1 aromatic heterocycles. The average molecular weight is 263 g/mol. The summed E-state index contributed by atoms with van der Waals surface area (Å²) >= 11 is 1.63. The quantitative estimate of drug-likeness (QED) is 0.807. The zero-order valence-corrected chi connectivity index (χ0v) is 10.9. The number of aliphatic hydroxyl groups is 1. The van der Waals surface area contributed by atoms with Crippen LogP contribution in [-0.2, 0) is 11.3 Å². The van der Waals surface area contributed by atoms with Gasteiger partial charge in [-0.1, -0.05) is 30.3 Å². The van der Waals surface area contributed by atoms with Gasteiger partial charge < -0.3 is 15.2 Å². The van der Waals surface area contributed by atoms with Gasteiger partial charge in [0, 0.05) is 17.6 Å². The molecule has 1 unspecified atom stereocenters. The second-order valence-electron chi connectivity index (χ2n) is 4.05. The Morgan fingerprint density at radius 1 is 1.22 bits per heavy atom. The number of benzene rings is 1. The van der Waals surface area contributed by atoms with E-state index in [1.165, 1.54) is 0 Å². The molecule has 0 bridgehead atoms. The van der Waals surface area contributed by atoms with Gasteiger partial charge in [-0.3, -0.25) is 0 Å². The largest absolute Gasteiger partial charge is 0.389 e. The summed E-state index contributed by atoms with van der Waals surface area (Å²) in [6, 6.07) is 11.9. The fraction of sp³-hybridized carbons (Fsp3) is 0.286. The molecule has 0 aliphatic carbocycles. The van der Waals surface area contributed by atoms with Crippen LogP contribution in [0, 0.1) is 0 Å². The molecule has 0 fully saturated rings. The van der Waals surface area contributed by atoms with Crippen LogP contribution >= 0.6 is 11.3 Å². The first-order valence-corrected chi connectivity index (χ1v) is 6.84. The maximum Gasteiger partial charge on any atom is 0.0945 e. The standard InChI is InChI=1S/C14H17NO2S/c16-14(8-15-13-6-7-18-11-13)10-17-9-12-4-2-1-3-5-12/h1-7,11,14-16H,8-10H2. The molecule has 0 radical (unpaired) electrons. The van der Waals surface area contributed by atoms with Crippen LogP contribution < -0.4 is 5.32 Å². The fourth-order valence-electron chi connectivity index (χ4n) is 1.55. The lowest BCUT2D eigenvalue weighted by Crippen LogP contribution is -2.24. The van der Waals surface area contributed by atoms with Crippen molar-refractivity contribution >= 4 is 17.0 Å². The van der Waals surface area contributed by atoms with Gasteiger partial charge in [-0.15, -0.1) is 0 Å². The van der Waals surface area contributed by atoms with E-state index in [1.54, 1.807) is 11.3 Å². The van der Waals surface area contributed by atoms with E-state index in [1.807, 2.05) is 47.2 Å². The molecule has 0 aliphatic rings. The van der Waals surface area contributed by atoms with Crippen molar-refractivity contribution in [2.24, 2.45) is 0 Å². The maximum absolute atomic E-state index is 9.74. The Balaban J connectivity index is 1.61. The highest BCUT2D eigenvalue weighted by Gasteiger charge is 2.04. The van der Waals surface area contributed by atoms with Gasteiger partial charge in [0.25, 0.3) is 0 Å². The summed E-state index contributed by atoms with van der Waals surface area (Å²) in [4.78, 5) is 0. The second kappa shape index (κ2) is 7.16. The smallest absolute Gasteiger partial charge is 0.0945 e. The number of hydrogen-bond acceptors (Lipinski definition) is 4. The van der Waals surface area contributed by atoms with Crippen molar-refractivity contribution in [1.82, 2.24) is 0 Å². The lowest BCUT2D eigenvalue weighted by molar-refractivity contribution is 0.0348. The molecular formula is C14H17NO2S. The third kappa shape index (κ3) is 4.49. The summed E-state index contributed by atoms with van der Waals surface area (Å²) in [6.45, 7) is 1.38. The third-order valence-corrected chi connectivity index (χ3v) is 3.17. The normalized spacial score (nSPS) is 12.3. The number of hydrogen-bond donors (Lipinski definition) is 2. The van der Waals surface area contributed by atoms with E-state index in [4.69, 9.17) is 4.74 Å². The van der Waals surface area contributed by atoms with Gasteiger partial charge in [0.05, 0.1) is 19.3 Å². The minimum absolute atomic E-state index is 0.339. The van der Waals surface area contributed by atoms with Gasteiger partial charge in [-0.2, -0.15) is 11.3 Å². The minimum atomic E-state index is -0.492. The second-order valence-corrected chi connectivity index (χ2v) is 4.83. The Labute approximate surface area is 111 Å². The third-order valence-electron chi connectivity index (χ3n) is 2.48. The molecule has 0 aliphatic heterocycles. The Kier molecular flexibility index (Phi) is 5.20. The first-order valence-electron chi connectivity index (χ1n) is 5.90. The summed E-state index contributed by atoms with van der Waals surface area (Å²) in [7, 11) is 0. The number of ether oxygens (including phenoxy) is 1. The van der Waals surface area contributed by atoms with Crippen LogP contribution in [0.4, 0.5) is 5.69 Å². The number of thiophene rings is 1. The van der Waals surface area contributed by atoms with E-state index >= 15 is 0 Å². The zero-order valence-electron chi connectivity index (χ0n) is 10.1. The molecule has 96 valence electrons. The van der Waals surface area contributed by atoms with Crippen molar-refractivity contribution in [1.29, 1.82) is 0 Å². The highest BCUT2D eigenvalue weighted by atomic mass is 32.1. The zero-order chi connectivity index (χ0) is 12.6. The van der Waals surface area contributed by atoms with Crippen molar-refractivity contribution in [2.45, 2.75) is 12.7 Å². The molecule has 0 saturated carbocycles. The SMILES string of the molecule is OC(CNc1ccsc1)COCc1ccccc1. The molecule has 0 amide bonds. The van der Waals surface area contributed by atoms with Crippen LogP contribution in [0.15, 0.2) is 47.2 Å². The van der Waals surface area contributed by atoms with Gasteiger partial charge in [0.1, 0.15) is 0 Å². The van der Waals surface area contributed by atoms with Gasteiger partial charge in [0.15, 0.2) is 0 Å². The predicted molar refractivity (Wildman–Crippen MR) is 74.9 cm³/mol. The van der Waals surface area contributed by atoms with E-state index in [9.17, 15) is 5.11 Å². The number of rotatable bonds is 7. The van der Waals surface area contributed by atoms with Crippen LogP contribution in [0.1, 0.15) is 5.56 Å².